The van der Waals surface area contributed by atoms with Crippen LogP contribution in [0.25, 0.3) is 11.0 Å². The van der Waals surface area contributed by atoms with E-state index in [1.807, 2.05) is 49.4 Å². The number of fused-ring (bicyclic) bond motifs is 1. The van der Waals surface area contributed by atoms with Crippen LogP contribution in [-0.2, 0) is 17.8 Å². The minimum Gasteiger partial charge on any atom is -0.494 e. The van der Waals surface area contributed by atoms with E-state index in [0.29, 0.717) is 24.6 Å². The molecular formula is C22H26ClN3O2. The van der Waals surface area contributed by atoms with E-state index in [-0.39, 0.29) is 5.91 Å². The van der Waals surface area contributed by atoms with Crippen molar-refractivity contribution in [2.45, 2.75) is 39.2 Å². The summed E-state index contributed by atoms with van der Waals surface area (Å²) in [5.74, 6) is 1.97. The second kappa shape index (κ2) is 10.1. The third kappa shape index (κ3) is 5.49. The topological polar surface area (TPSA) is 56.2 Å². The average molecular weight is 400 g/mol. The summed E-state index contributed by atoms with van der Waals surface area (Å²) in [5, 5.41) is 3.63. The lowest BCUT2D eigenvalue weighted by molar-refractivity contribution is -0.120. The molecule has 1 heterocycles. The van der Waals surface area contributed by atoms with Gasteiger partial charge in [0.25, 0.3) is 0 Å². The van der Waals surface area contributed by atoms with E-state index in [9.17, 15) is 4.79 Å². The molecule has 0 fully saturated rings. The maximum atomic E-state index is 11.4. The standard InChI is InChI=1S/C22H26ClN3O2/c1-2-22(27)24-14-5-9-21-25-19-7-3-4-8-20(19)26(21)15-6-16-28-18-12-10-17(23)11-13-18/h3-4,7-8,10-13H,2,5-6,9,14-16H2,1H3,(H,24,27). The van der Waals surface area contributed by atoms with Gasteiger partial charge in [0.1, 0.15) is 11.6 Å². The number of carbonyl (C=O) groups is 1. The maximum absolute atomic E-state index is 11.4. The van der Waals surface area contributed by atoms with Crippen molar-refractivity contribution in [2.75, 3.05) is 13.2 Å². The zero-order valence-corrected chi connectivity index (χ0v) is 16.9. The molecule has 5 nitrogen and oxygen atoms in total. The van der Waals surface area contributed by atoms with Crippen LogP contribution in [0.2, 0.25) is 5.02 Å². The zero-order valence-electron chi connectivity index (χ0n) is 16.2. The van der Waals surface area contributed by atoms with Crippen LogP contribution in [0.4, 0.5) is 0 Å². The average Bonchev–Trinajstić information content (AvgIpc) is 3.07. The summed E-state index contributed by atoms with van der Waals surface area (Å²) in [7, 11) is 0. The van der Waals surface area contributed by atoms with Crippen LogP contribution >= 0.6 is 11.6 Å². The number of imidazole rings is 1. The molecule has 2 aromatic carbocycles. The van der Waals surface area contributed by atoms with Gasteiger partial charge in [-0.2, -0.15) is 0 Å². The van der Waals surface area contributed by atoms with Gasteiger partial charge in [-0.25, -0.2) is 4.98 Å². The minimum atomic E-state index is 0.0906. The number of ether oxygens (including phenoxy) is 1. The number of para-hydroxylation sites is 2. The first kappa shape index (κ1) is 20.2. The highest BCUT2D eigenvalue weighted by molar-refractivity contribution is 6.30. The molecule has 3 rings (SSSR count). The predicted molar refractivity (Wildman–Crippen MR) is 113 cm³/mol. The van der Waals surface area contributed by atoms with Gasteiger partial charge >= 0.3 is 0 Å². The third-order valence-corrected chi connectivity index (χ3v) is 4.81. The van der Waals surface area contributed by atoms with Gasteiger partial charge in [-0.15, -0.1) is 0 Å². The Bertz CT molecular complexity index is 906. The first-order valence-corrected chi connectivity index (χ1v) is 10.1. The lowest BCUT2D eigenvalue weighted by atomic mass is 10.2. The van der Waals surface area contributed by atoms with E-state index in [1.165, 1.54) is 0 Å². The molecule has 0 radical (unpaired) electrons. The van der Waals surface area contributed by atoms with E-state index in [1.54, 1.807) is 0 Å². The molecule has 1 aromatic heterocycles. The van der Waals surface area contributed by atoms with Crippen LogP contribution in [0.5, 0.6) is 5.75 Å². The fourth-order valence-electron chi connectivity index (χ4n) is 3.11. The van der Waals surface area contributed by atoms with E-state index in [4.69, 9.17) is 21.3 Å². The van der Waals surface area contributed by atoms with Gasteiger partial charge in [-0.05, 0) is 49.2 Å². The molecule has 28 heavy (non-hydrogen) atoms. The van der Waals surface area contributed by atoms with Crippen molar-refractivity contribution in [3.63, 3.8) is 0 Å². The summed E-state index contributed by atoms with van der Waals surface area (Å²) in [6.45, 7) is 4.00. The number of hydrogen-bond donors (Lipinski definition) is 1. The number of aromatic nitrogens is 2. The fourth-order valence-corrected chi connectivity index (χ4v) is 3.23. The Hall–Kier alpha value is -2.53. The maximum Gasteiger partial charge on any atom is 0.219 e. The summed E-state index contributed by atoms with van der Waals surface area (Å²) >= 11 is 5.90. The number of nitrogens with zero attached hydrogens (tertiary/aromatic N) is 2. The molecule has 0 aliphatic rings. The molecule has 0 saturated heterocycles. The largest absolute Gasteiger partial charge is 0.494 e. The zero-order chi connectivity index (χ0) is 19.8. The second-order valence-electron chi connectivity index (χ2n) is 6.63. The molecule has 0 aliphatic carbocycles. The van der Waals surface area contributed by atoms with Crippen LogP contribution < -0.4 is 10.1 Å². The molecule has 0 aliphatic heterocycles. The molecule has 0 atom stereocenters. The summed E-state index contributed by atoms with van der Waals surface area (Å²) in [4.78, 5) is 16.2. The highest BCUT2D eigenvalue weighted by Gasteiger charge is 2.10. The van der Waals surface area contributed by atoms with Gasteiger partial charge in [0.05, 0.1) is 17.6 Å². The molecule has 0 bridgehead atoms. The molecule has 6 heteroatoms. The minimum absolute atomic E-state index is 0.0906. The highest BCUT2D eigenvalue weighted by Crippen LogP contribution is 2.19. The molecule has 0 spiro atoms. The molecule has 0 unspecified atom stereocenters. The predicted octanol–water partition coefficient (Wildman–Crippen LogP) is 4.62. The van der Waals surface area contributed by atoms with Crippen LogP contribution in [-0.4, -0.2) is 28.6 Å². The van der Waals surface area contributed by atoms with Gasteiger partial charge in [-0.1, -0.05) is 30.7 Å². The number of rotatable bonds is 10. The SMILES string of the molecule is CCC(=O)NCCCc1nc2ccccc2n1CCCOc1ccc(Cl)cc1. The van der Waals surface area contributed by atoms with Crippen molar-refractivity contribution in [3.8, 4) is 5.75 Å². The van der Waals surface area contributed by atoms with Crippen molar-refractivity contribution in [3.05, 3.63) is 59.4 Å². The number of benzene rings is 2. The van der Waals surface area contributed by atoms with Crippen molar-refractivity contribution >= 4 is 28.5 Å². The lowest BCUT2D eigenvalue weighted by Crippen LogP contribution is -2.23. The molecule has 0 saturated carbocycles. The first-order valence-electron chi connectivity index (χ1n) is 9.76. The Labute approximate surface area is 170 Å². The number of carbonyl (C=O) groups excluding carboxylic acids is 1. The Balaban J connectivity index is 1.58. The van der Waals surface area contributed by atoms with Crippen LogP contribution in [0, 0.1) is 0 Å². The summed E-state index contributed by atoms with van der Waals surface area (Å²) in [5.41, 5.74) is 2.15. The van der Waals surface area contributed by atoms with Gasteiger partial charge in [0, 0.05) is 31.0 Å². The Morgan fingerprint density at radius 3 is 2.71 bits per heavy atom. The van der Waals surface area contributed by atoms with Crippen molar-refractivity contribution < 1.29 is 9.53 Å². The van der Waals surface area contributed by atoms with Crippen molar-refractivity contribution in [2.24, 2.45) is 0 Å². The molecule has 1 N–H and O–H groups in total. The summed E-state index contributed by atoms with van der Waals surface area (Å²) in [6, 6.07) is 15.6. The number of hydrogen-bond acceptors (Lipinski definition) is 3. The van der Waals surface area contributed by atoms with E-state index in [2.05, 4.69) is 16.0 Å². The first-order chi connectivity index (χ1) is 13.7. The lowest BCUT2D eigenvalue weighted by Gasteiger charge is -2.11. The van der Waals surface area contributed by atoms with Gasteiger partial charge < -0.3 is 14.6 Å². The summed E-state index contributed by atoms with van der Waals surface area (Å²) < 4.78 is 8.07. The Morgan fingerprint density at radius 2 is 1.93 bits per heavy atom. The molecule has 148 valence electrons. The quantitative estimate of drug-likeness (QED) is 0.506. The number of amides is 1. The van der Waals surface area contributed by atoms with Crippen LogP contribution in [0.1, 0.15) is 32.0 Å². The highest BCUT2D eigenvalue weighted by atomic mass is 35.5. The van der Waals surface area contributed by atoms with E-state index < -0.39 is 0 Å². The van der Waals surface area contributed by atoms with Gasteiger partial charge in [0.2, 0.25) is 5.91 Å². The fraction of sp³-hybridized carbons (Fsp3) is 0.364. The second-order valence-corrected chi connectivity index (χ2v) is 7.07. The third-order valence-electron chi connectivity index (χ3n) is 4.56. The van der Waals surface area contributed by atoms with Crippen LogP contribution in [0.15, 0.2) is 48.5 Å². The summed E-state index contributed by atoms with van der Waals surface area (Å²) in [6.07, 6.45) is 3.10. The number of halogens is 1. The molecule has 3 aromatic rings. The number of aryl methyl sites for hydroxylation is 2. The van der Waals surface area contributed by atoms with E-state index >= 15 is 0 Å². The smallest absolute Gasteiger partial charge is 0.219 e. The van der Waals surface area contributed by atoms with E-state index in [0.717, 1.165) is 48.4 Å². The normalized spacial score (nSPS) is 10.9. The molecular weight excluding hydrogens is 374 g/mol. The Morgan fingerprint density at radius 1 is 1.14 bits per heavy atom. The van der Waals surface area contributed by atoms with Gasteiger partial charge in [0.15, 0.2) is 0 Å². The van der Waals surface area contributed by atoms with Crippen molar-refractivity contribution in [1.82, 2.24) is 14.9 Å². The van der Waals surface area contributed by atoms with Gasteiger partial charge in [-0.3, -0.25) is 4.79 Å². The monoisotopic (exact) mass is 399 g/mol. The Kier molecular flexibility index (Phi) is 7.31. The van der Waals surface area contributed by atoms with Crippen molar-refractivity contribution in [1.29, 1.82) is 0 Å². The number of nitrogens with one attached hydrogen (secondary N) is 1. The van der Waals surface area contributed by atoms with Crippen LogP contribution in [0.3, 0.4) is 0 Å². The molecule has 1 amide bonds.